The van der Waals surface area contributed by atoms with Gasteiger partial charge in [0.1, 0.15) is 5.82 Å². The number of hydrogen-bond acceptors (Lipinski definition) is 3. The number of guanidine groups is 1. The van der Waals surface area contributed by atoms with Crippen LogP contribution in [0.5, 0.6) is 0 Å². The summed E-state index contributed by atoms with van der Waals surface area (Å²) in [6.45, 7) is 7.32. The summed E-state index contributed by atoms with van der Waals surface area (Å²) in [5, 5.41) is 7.84. The third-order valence-corrected chi connectivity index (χ3v) is 5.17. The highest BCUT2D eigenvalue weighted by molar-refractivity contribution is 14.0. The fourth-order valence-corrected chi connectivity index (χ4v) is 3.56. The van der Waals surface area contributed by atoms with Gasteiger partial charge < -0.3 is 25.4 Å². The second kappa shape index (κ2) is 11.6. The average Bonchev–Trinajstić information content (AvgIpc) is 2.93. The highest BCUT2D eigenvalue weighted by atomic mass is 127. The Bertz CT molecular complexity index is 762. The van der Waals surface area contributed by atoms with Crippen LogP contribution in [0.3, 0.4) is 0 Å². The number of fused-ring (bicyclic) bond motifs is 1. The molecule has 0 aliphatic carbocycles. The summed E-state index contributed by atoms with van der Waals surface area (Å²) in [5.74, 6) is 0.613. The van der Waals surface area contributed by atoms with Gasteiger partial charge in [0.25, 0.3) is 0 Å². The highest BCUT2D eigenvalue weighted by Gasteiger charge is 2.11. The van der Waals surface area contributed by atoms with Gasteiger partial charge in [-0.1, -0.05) is 0 Å². The smallest absolute Gasteiger partial charge is 0.191 e. The first-order valence-corrected chi connectivity index (χ1v) is 9.76. The molecule has 0 spiro atoms. The minimum atomic E-state index is -0.213. The first kappa shape index (κ1) is 22.9. The van der Waals surface area contributed by atoms with Crippen LogP contribution < -0.4 is 10.6 Å². The molecule has 0 bridgehead atoms. The molecule has 6 nitrogen and oxygen atoms in total. The van der Waals surface area contributed by atoms with E-state index in [1.165, 1.54) is 37.2 Å². The molecule has 1 fully saturated rings. The molecule has 2 heterocycles. The quantitative estimate of drug-likeness (QED) is 0.323. The second-order valence-corrected chi connectivity index (χ2v) is 7.18. The van der Waals surface area contributed by atoms with Crippen LogP contribution in [0.25, 0.3) is 10.9 Å². The molecule has 1 aromatic carbocycles. The van der Waals surface area contributed by atoms with Gasteiger partial charge in [0, 0.05) is 56.9 Å². The van der Waals surface area contributed by atoms with E-state index in [-0.39, 0.29) is 29.8 Å². The zero-order chi connectivity index (χ0) is 19.1. The van der Waals surface area contributed by atoms with Crippen molar-refractivity contribution in [3.05, 3.63) is 35.8 Å². The predicted molar refractivity (Wildman–Crippen MR) is 125 cm³/mol. The molecule has 1 aliphatic heterocycles. The average molecular weight is 502 g/mol. The van der Waals surface area contributed by atoms with Crippen LogP contribution in [-0.4, -0.2) is 80.7 Å². The van der Waals surface area contributed by atoms with Crippen molar-refractivity contribution >= 4 is 40.8 Å². The van der Waals surface area contributed by atoms with Crippen molar-refractivity contribution in [3.8, 4) is 0 Å². The number of aromatic nitrogens is 1. The predicted octanol–water partition coefficient (Wildman–Crippen LogP) is 2.27. The highest BCUT2D eigenvalue weighted by Crippen LogP contribution is 2.19. The lowest BCUT2D eigenvalue weighted by atomic mass is 10.1. The van der Waals surface area contributed by atoms with Gasteiger partial charge in [-0.2, -0.15) is 0 Å². The summed E-state index contributed by atoms with van der Waals surface area (Å²) < 4.78 is 13.3. The summed E-state index contributed by atoms with van der Waals surface area (Å²) in [5.41, 5.74) is 2.03. The number of H-pyrrole nitrogens is 1. The SMILES string of the molecule is CN=C(NCCc1c[nH]c2cc(F)ccc12)NCCN1CCCN(C)CC1.I. The molecule has 1 aromatic heterocycles. The van der Waals surface area contributed by atoms with E-state index < -0.39 is 0 Å². The van der Waals surface area contributed by atoms with Crippen molar-refractivity contribution in [1.29, 1.82) is 0 Å². The van der Waals surface area contributed by atoms with Gasteiger partial charge in [0.2, 0.25) is 0 Å². The molecule has 0 atom stereocenters. The summed E-state index contributed by atoms with van der Waals surface area (Å²) in [7, 11) is 3.99. The van der Waals surface area contributed by atoms with E-state index in [1.807, 2.05) is 12.3 Å². The largest absolute Gasteiger partial charge is 0.361 e. The third kappa shape index (κ3) is 6.59. The number of halogens is 2. The molecule has 156 valence electrons. The fraction of sp³-hybridized carbons (Fsp3) is 0.550. The van der Waals surface area contributed by atoms with Crippen LogP contribution in [0.4, 0.5) is 4.39 Å². The Hall–Kier alpha value is -1.39. The Balaban J connectivity index is 0.00000280. The molecule has 0 amide bonds. The molecular weight excluding hydrogens is 470 g/mol. The summed E-state index contributed by atoms with van der Waals surface area (Å²) >= 11 is 0. The summed E-state index contributed by atoms with van der Waals surface area (Å²) in [6, 6.07) is 4.88. The molecular formula is C20H32FIN6. The van der Waals surface area contributed by atoms with Crippen molar-refractivity contribution in [2.24, 2.45) is 4.99 Å². The minimum absolute atomic E-state index is 0. The maximum Gasteiger partial charge on any atom is 0.191 e. The number of likely N-dealkylation sites (N-methyl/N-ethyl adjacent to an activating group) is 1. The fourth-order valence-electron chi connectivity index (χ4n) is 3.56. The van der Waals surface area contributed by atoms with E-state index >= 15 is 0 Å². The van der Waals surface area contributed by atoms with E-state index in [0.29, 0.717) is 0 Å². The number of rotatable bonds is 6. The zero-order valence-corrected chi connectivity index (χ0v) is 19.1. The standard InChI is InChI=1S/C20H31FN6.HI/c1-22-20(24-8-11-27-10-3-9-26(2)12-13-27)23-7-6-16-15-25-19-14-17(21)4-5-18(16)19;/h4-5,14-15,25H,3,6-13H2,1-2H3,(H2,22,23,24);1H. The van der Waals surface area contributed by atoms with Gasteiger partial charge in [-0.3, -0.25) is 4.99 Å². The number of hydrogen-bond donors (Lipinski definition) is 3. The van der Waals surface area contributed by atoms with E-state index in [1.54, 1.807) is 7.05 Å². The first-order chi connectivity index (χ1) is 13.2. The Labute approximate surface area is 184 Å². The van der Waals surface area contributed by atoms with Crippen molar-refractivity contribution in [2.75, 3.05) is 59.9 Å². The normalized spacial score (nSPS) is 16.6. The minimum Gasteiger partial charge on any atom is -0.361 e. The third-order valence-electron chi connectivity index (χ3n) is 5.17. The molecule has 3 rings (SSSR count). The van der Waals surface area contributed by atoms with Crippen LogP contribution >= 0.6 is 24.0 Å². The van der Waals surface area contributed by atoms with Crippen molar-refractivity contribution < 1.29 is 4.39 Å². The second-order valence-electron chi connectivity index (χ2n) is 7.18. The van der Waals surface area contributed by atoms with Crippen LogP contribution in [0, 0.1) is 5.82 Å². The monoisotopic (exact) mass is 502 g/mol. The molecule has 1 saturated heterocycles. The van der Waals surface area contributed by atoms with Gasteiger partial charge in [0.15, 0.2) is 5.96 Å². The van der Waals surface area contributed by atoms with Crippen molar-refractivity contribution in [3.63, 3.8) is 0 Å². The van der Waals surface area contributed by atoms with Gasteiger partial charge in [-0.15, -0.1) is 24.0 Å². The summed E-state index contributed by atoms with van der Waals surface area (Å²) in [6.07, 6.45) is 4.04. The maximum atomic E-state index is 13.3. The van der Waals surface area contributed by atoms with Gasteiger partial charge in [0.05, 0.1) is 0 Å². The van der Waals surface area contributed by atoms with Crippen molar-refractivity contribution in [1.82, 2.24) is 25.4 Å². The van der Waals surface area contributed by atoms with Gasteiger partial charge in [-0.05, 0) is 56.7 Å². The van der Waals surface area contributed by atoms with E-state index in [9.17, 15) is 4.39 Å². The van der Waals surface area contributed by atoms with Crippen molar-refractivity contribution in [2.45, 2.75) is 12.8 Å². The number of nitrogens with zero attached hydrogens (tertiary/aromatic N) is 3. The molecule has 0 saturated carbocycles. The van der Waals surface area contributed by atoms with E-state index in [2.05, 4.69) is 37.5 Å². The van der Waals surface area contributed by atoms with Crippen LogP contribution in [0.1, 0.15) is 12.0 Å². The van der Waals surface area contributed by atoms with Gasteiger partial charge in [-0.25, -0.2) is 4.39 Å². The molecule has 8 heteroatoms. The lowest BCUT2D eigenvalue weighted by molar-refractivity contribution is 0.280. The van der Waals surface area contributed by atoms with Crippen LogP contribution in [-0.2, 0) is 6.42 Å². The molecule has 1 aliphatic rings. The lowest BCUT2D eigenvalue weighted by Crippen LogP contribution is -2.42. The molecule has 3 N–H and O–H groups in total. The molecule has 0 unspecified atom stereocenters. The Kier molecular flexibility index (Phi) is 9.46. The topological polar surface area (TPSA) is 58.7 Å². The Morgan fingerprint density at radius 3 is 2.82 bits per heavy atom. The molecule has 0 radical (unpaired) electrons. The Morgan fingerprint density at radius 1 is 1.18 bits per heavy atom. The lowest BCUT2D eigenvalue weighted by Gasteiger charge is -2.21. The zero-order valence-electron chi connectivity index (χ0n) is 16.8. The molecule has 2 aromatic rings. The van der Waals surface area contributed by atoms with Crippen LogP contribution in [0.2, 0.25) is 0 Å². The summed E-state index contributed by atoms with van der Waals surface area (Å²) in [4.78, 5) is 12.3. The number of aliphatic imine (C=N–C) groups is 1. The maximum absolute atomic E-state index is 13.3. The van der Waals surface area contributed by atoms with Gasteiger partial charge >= 0.3 is 0 Å². The first-order valence-electron chi connectivity index (χ1n) is 9.76. The number of nitrogens with one attached hydrogen (secondary N) is 3. The number of aromatic amines is 1. The van der Waals surface area contributed by atoms with Crippen LogP contribution in [0.15, 0.2) is 29.4 Å². The van der Waals surface area contributed by atoms with E-state index in [4.69, 9.17) is 0 Å². The Morgan fingerprint density at radius 2 is 2.00 bits per heavy atom. The van der Waals surface area contributed by atoms with E-state index in [0.717, 1.165) is 56.0 Å². The number of benzene rings is 1. The molecule has 28 heavy (non-hydrogen) atoms.